The van der Waals surface area contributed by atoms with Crippen LogP contribution in [-0.2, 0) is 4.79 Å². The average Bonchev–Trinajstić information content (AvgIpc) is 2.59. The van der Waals surface area contributed by atoms with Crippen LogP contribution in [0.5, 0.6) is 0 Å². The summed E-state index contributed by atoms with van der Waals surface area (Å²) < 4.78 is 0. The minimum Gasteiger partial charge on any atom is -0.345 e. The van der Waals surface area contributed by atoms with Crippen molar-refractivity contribution in [3.8, 4) is 0 Å². The molecule has 2 N–H and O–H groups in total. The molecule has 0 aromatic heterocycles. The van der Waals surface area contributed by atoms with Gasteiger partial charge in [0.25, 0.3) is 5.91 Å². The van der Waals surface area contributed by atoms with Crippen LogP contribution < -0.4 is 10.6 Å². The van der Waals surface area contributed by atoms with E-state index < -0.39 is 0 Å². The predicted octanol–water partition coefficient (Wildman–Crippen LogP) is 3.92. The lowest BCUT2D eigenvalue weighted by Gasteiger charge is -2.20. The number of fused-ring (bicyclic) bond motifs is 1. The van der Waals surface area contributed by atoms with E-state index in [-0.39, 0.29) is 17.9 Å². The molecule has 1 heterocycles. The molecule has 5 heteroatoms. The van der Waals surface area contributed by atoms with Gasteiger partial charge in [-0.15, -0.1) is 11.8 Å². The van der Waals surface area contributed by atoms with Gasteiger partial charge in [0.15, 0.2) is 0 Å². The summed E-state index contributed by atoms with van der Waals surface area (Å²) in [5, 5.41) is 5.90. The number of thioether (sulfide) groups is 1. The summed E-state index contributed by atoms with van der Waals surface area (Å²) in [7, 11) is 0. The predicted molar refractivity (Wildman–Crippen MR) is 97.5 cm³/mol. The van der Waals surface area contributed by atoms with Crippen molar-refractivity contribution in [3.05, 3.63) is 59.2 Å². The minimum atomic E-state index is -0.130. The number of hydrogen-bond donors (Lipinski definition) is 2. The number of carbonyl (C=O) groups is 2. The number of hydrogen-bond acceptors (Lipinski definition) is 3. The first-order valence-corrected chi connectivity index (χ1v) is 8.99. The molecule has 2 aromatic carbocycles. The largest absolute Gasteiger partial charge is 0.345 e. The van der Waals surface area contributed by atoms with Gasteiger partial charge in [-0.3, -0.25) is 9.59 Å². The second-order valence-electron chi connectivity index (χ2n) is 5.89. The Kier molecular flexibility index (Phi) is 4.90. The van der Waals surface area contributed by atoms with Crippen LogP contribution in [0.25, 0.3) is 0 Å². The molecule has 124 valence electrons. The van der Waals surface area contributed by atoms with Crippen LogP contribution in [0.2, 0.25) is 0 Å². The Morgan fingerprint density at radius 1 is 1.25 bits per heavy atom. The van der Waals surface area contributed by atoms with E-state index in [9.17, 15) is 9.59 Å². The average molecular weight is 340 g/mol. The molecule has 4 nitrogen and oxygen atoms in total. The van der Waals surface area contributed by atoms with Crippen LogP contribution in [0.1, 0.15) is 40.9 Å². The molecule has 0 aliphatic carbocycles. The van der Waals surface area contributed by atoms with Crippen LogP contribution >= 0.6 is 11.8 Å². The fourth-order valence-corrected chi connectivity index (χ4v) is 3.47. The van der Waals surface area contributed by atoms with Crippen molar-refractivity contribution in [2.45, 2.75) is 31.2 Å². The summed E-state index contributed by atoms with van der Waals surface area (Å²) in [6.07, 6.45) is 0.812. The van der Waals surface area contributed by atoms with Gasteiger partial charge in [-0.1, -0.05) is 36.8 Å². The number of carbonyl (C=O) groups excluding carboxylic acids is 2. The molecule has 0 fully saturated rings. The SMILES string of the molecule is CCC(NC(=O)c1ccc2c(c1)NC(=O)CS2)c1ccc(C)cc1. The standard InChI is InChI=1S/C19H20N2O2S/c1-3-15(13-6-4-12(2)5-7-13)21-19(23)14-8-9-17-16(10-14)20-18(22)11-24-17/h4-10,15H,3,11H2,1-2H3,(H,20,22)(H,21,23). The Hall–Kier alpha value is -2.27. The molecule has 1 aliphatic rings. The molecular formula is C19H20N2O2S. The Balaban J connectivity index is 1.77. The van der Waals surface area contributed by atoms with Crippen LogP contribution in [0, 0.1) is 6.92 Å². The second kappa shape index (κ2) is 7.09. The number of anilines is 1. The number of aryl methyl sites for hydroxylation is 1. The minimum absolute atomic E-state index is 0.0295. The van der Waals surface area contributed by atoms with E-state index in [1.165, 1.54) is 17.3 Å². The molecular weight excluding hydrogens is 320 g/mol. The van der Waals surface area contributed by atoms with Crippen LogP contribution in [0.3, 0.4) is 0 Å². The van der Waals surface area contributed by atoms with Crippen molar-refractivity contribution in [2.75, 3.05) is 11.1 Å². The summed E-state index contributed by atoms with van der Waals surface area (Å²) in [4.78, 5) is 25.1. The molecule has 0 saturated heterocycles. The first-order chi connectivity index (χ1) is 11.6. The van der Waals surface area contributed by atoms with Crippen molar-refractivity contribution in [3.63, 3.8) is 0 Å². The van der Waals surface area contributed by atoms with E-state index >= 15 is 0 Å². The van der Waals surface area contributed by atoms with E-state index in [4.69, 9.17) is 0 Å². The smallest absolute Gasteiger partial charge is 0.251 e. The van der Waals surface area contributed by atoms with E-state index in [1.807, 2.05) is 25.1 Å². The van der Waals surface area contributed by atoms with E-state index in [0.29, 0.717) is 17.0 Å². The zero-order valence-corrected chi connectivity index (χ0v) is 14.6. The van der Waals surface area contributed by atoms with Gasteiger partial charge in [0.05, 0.1) is 17.5 Å². The Morgan fingerprint density at radius 2 is 2.00 bits per heavy atom. The third-order valence-corrected chi connectivity index (χ3v) is 5.14. The molecule has 1 atom stereocenters. The third kappa shape index (κ3) is 3.62. The number of amides is 2. The molecule has 0 radical (unpaired) electrons. The van der Waals surface area contributed by atoms with Gasteiger partial charge >= 0.3 is 0 Å². The third-order valence-electron chi connectivity index (χ3n) is 4.07. The van der Waals surface area contributed by atoms with Gasteiger partial charge in [-0.2, -0.15) is 0 Å². The van der Waals surface area contributed by atoms with Crippen molar-refractivity contribution < 1.29 is 9.59 Å². The molecule has 0 bridgehead atoms. The molecule has 2 amide bonds. The quantitative estimate of drug-likeness (QED) is 0.887. The highest BCUT2D eigenvalue weighted by Crippen LogP contribution is 2.32. The van der Waals surface area contributed by atoms with Crippen LogP contribution in [0.4, 0.5) is 5.69 Å². The van der Waals surface area contributed by atoms with Gasteiger partial charge in [-0.25, -0.2) is 0 Å². The van der Waals surface area contributed by atoms with E-state index in [1.54, 1.807) is 12.1 Å². The Labute approximate surface area is 146 Å². The van der Waals surface area contributed by atoms with Crippen LogP contribution in [-0.4, -0.2) is 17.6 Å². The molecule has 2 aromatic rings. The van der Waals surface area contributed by atoms with Crippen molar-refractivity contribution in [1.82, 2.24) is 5.32 Å². The summed E-state index contributed by atoms with van der Waals surface area (Å²) in [5.41, 5.74) is 3.57. The number of benzene rings is 2. The second-order valence-corrected chi connectivity index (χ2v) is 6.91. The zero-order valence-electron chi connectivity index (χ0n) is 13.8. The lowest BCUT2D eigenvalue weighted by atomic mass is 10.0. The molecule has 0 spiro atoms. The van der Waals surface area contributed by atoms with Crippen molar-refractivity contribution in [2.24, 2.45) is 0 Å². The first-order valence-electron chi connectivity index (χ1n) is 8.01. The molecule has 24 heavy (non-hydrogen) atoms. The molecule has 1 aliphatic heterocycles. The summed E-state index contributed by atoms with van der Waals surface area (Å²) in [5.74, 6) is 0.260. The van der Waals surface area contributed by atoms with Crippen molar-refractivity contribution >= 4 is 29.3 Å². The van der Waals surface area contributed by atoms with Gasteiger partial charge in [0.2, 0.25) is 5.91 Å². The maximum atomic E-state index is 12.6. The van der Waals surface area contributed by atoms with Gasteiger partial charge in [-0.05, 0) is 37.1 Å². The molecule has 3 rings (SSSR count). The van der Waals surface area contributed by atoms with Gasteiger partial charge < -0.3 is 10.6 Å². The maximum absolute atomic E-state index is 12.6. The zero-order chi connectivity index (χ0) is 17.1. The highest BCUT2D eigenvalue weighted by Gasteiger charge is 2.19. The van der Waals surface area contributed by atoms with E-state index in [0.717, 1.165) is 16.9 Å². The molecule has 1 unspecified atom stereocenters. The fraction of sp³-hybridized carbons (Fsp3) is 0.263. The summed E-state index contributed by atoms with van der Waals surface area (Å²) in [6, 6.07) is 13.6. The summed E-state index contributed by atoms with van der Waals surface area (Å²) >= 11 is 1.49. The molecule has 0 saturated carbocycles. The van der Waals surface area contributed by atoms with Crippen LogP contribution in [0.15, 0.2) is 47.4 Å². The number of nitrogens with one attached hydrogen (secondary N) is 2. The Bertz CT molecular complexity index is 771. The Morgan fingerprint density at radius 3 is 2.71 bits per heavy atom. The monoisotopic (exact) mass is 340 g/mol. The van der Waals surface area contributed by atoms with Gasteiger partial charge in [0, 0.05) is 10.5 Å². The highest BCUT2D eigenvalue weighted by molar-refractivity contribution is 8.00. The number of rotatable bonds is 4. The first kappa shape index (κ1) is 16.6. The fourth-order valence-electron chi connectivity index (χ4n) is 2.69. The van der Waals surface area contributed by atoms with E-state index in [2.05, 4.69) is 29.7 Å². The van der Waals surface area contributed by atoms with Crippen molar-refractivity contribution in [1.29, 1.82) is 0 Å². The normalized spacial score (nSPS) is 14.5. The highest BCUT2D eigenvalue weighted by atomic mass is 32.2. The van der Waals surface area contributed by atoms with Gasteiger partial charge in [0.1, 0.15) is 0 Å². The lowest BCUT2D eigenvalue weighted by molar-refractivity contribution is -0.113. The lowest BCUT2D eigenvalue weighted by Crippen LogP contribution is -2.28. The topological polar surface area (TPSA) is 58.2 Å². The summed E-state index contributed by atoms with van der Waals surface area (Å²) in [6.45, 7) is 4.09. The maximum Gasteiger partial charge on any atom is 0.251 e.